The number of fused-ring (bicyclic) bond motifs is 3. The first kappa shape index (κ1) is 11.6. The van der Waals surface area contributed by atoms with E-state index in [-0.39, 0.29) is 13.5 Å². The molecule has 2 aliphatic carbocycles. The lowest BCUT2D eigenvalue weighted by atomic mass is 9.96. The van der Waals surface area contributed by atoms with Crippen LogP contribution in [0.25, 0.3) is 11.6 Å². The first-order valence-corrected chi connectivity index (χ1v) is 5.12. The summed E-state index contributed by atoms with van der Waals surface area (Å²) < 4.78 is 0. The van der Waals surface area contributed by atoms with Gasteiger partial charge in [-0.2, -0.15) is 0 Å². The zero-order valence-electron chi connectivity index (χ0n) is 9.00. The van der Waals surface area contributed by atoms with Gasteiger partial charge in [0.1, 0.15) is 0 Å². The van der Waals surface area contributed by atoms with Gasteiger partial charge < -0.3 is 10.0 Å². The summed E-state index contributed by atoms with van der Waals surface area (Å²) in [6, 6.07) is 8.08. The molecule has 0 aromatic heterocycles. The highest BCUT2D eigenvalue weighted by Gasteiger charge is 2.23. The Morgan fingerprint density at radius 2 is 1.76 bits per heavy atom. The average Bonchev–Trinajstić information content (AvgIpc) is 2.71. The van der Waals surface area contributed by atoms with Crippen LogP contribution in [0.3, 0.4) is 0 Å². The lowest BCUT2D eigenvalue weighted by molar-refractivity contribution is -0.110. The smallest absolute Gasteiger partial charge is 0.429 e. The summed E-state index contributed by atoms with van der Waals surface area (Å²) in [6.07, 6.45) is 7.39. The summed E-state index contributed by atoms with van der Waals surface area (Å²) in [4.78, 5) is 11.5. The molecule has 1 radical (unpaired) electrons. The Labute approximate surface area is 99.7 Å². The maximum atomic E-state index is 11.5. The summed E-state index contributed by atoms with van der Waals surface area (Å²) in [7, 11) is 0. The summed E-state index contributed by atoms with van der Waals surface area (Å²) in [5.41, 5.74) is 4.20. The number of ketones is 1. The summed E-state index contributed by atoms with van der Waals surface area (Å²) in [6.45, 7) is 0. The van der Waals surface area contributed by atoms with E-state index in [1.165, 1.54) is 5.56 Å². The number of hydrogen-bond acceptors (Lipinski definition) is 3. The van der Waals surface area contributed by atoms with Crippen molar-refractivity contribution < 1.29 is 14.8 Å². The van der Waals surface area contributed by atoms with Crippen molar-refractivity contribution in [1.29, 1.82) is 0 Å². The monoisotopic (exact) mass is 225 g/mol. The van der Waals surface area contributed by atoms with E-state index in [4.69, 9.17) is 10.0 Å². The SMILES string of the molecule is O=C1C=CC=C2C1=Cc1ccccc12.O[B]O. The van der Waals surface area contributed by atoms with Gasteiger partial charge in [-0.05, 0) is 28.9 Å². The van der Waals surface area contributed by atoms with Crippen molar-refractivity contribution in [3.05, 3.63) is 59.2 Å². The Bertz CT molecular complexity index is 541. The molecule has 1 aromatic carbocycles. The number of allylic oxidation sites excluding steroid dienone is 5. The van der Waals surface area contributed by atoms with Crippen molar-refractivity contribution in [2.75, 3.05) is 0 Å². The molecular weight excluding hydrogens is 215 g/mol. The molecule has 0 atom stereocenters. The Balaban J connectivity index is 0.000000329. The summed E-state index contributed by atoms with van der Waals surface area (Å²) in [5.74, 6) is 0.110. The quantitative estimate of drug-likeness (QED) is 0.650. The fourth-order valence-corrected chi connectivity index (χ4v) is 1.95. The van der Waals surface area contributed by atoms with Crippen LogP contribution in [0.15, 0.2) is 48.1 Å². The fraction of sp³-hybridized carbons (Fsp3) is 0. The minimum absolute atomic E-state index is 0. The van der Waals surface area contributed by atoms with Crippen LogP contribution in [-0.4, -0.2) is 23.5 Å². The first-order valence-electron chi connectivity index (χ1n) is 5.12. The van der Waals surface area contributed by atoms with E-state index >= 15 is 0 Å². The van der Waals surface area contributed by atoms with Crippen molar-refractivity contribution in [3.8, 4) is 0 Å². The van der Waals surface area contributed by atoms with Gasteiger partial charge in [-0.15, -0.1) is 0 Å². The van der Waals surface area contributed by atoms with Crippen molar-refractivity contribution in [2.24, 2.45) is 0 Å². The molecule has 0 bridgehead atoms. The van der Waals surface area contributed by atoms with E-state index in [0.29, 0.717) is 0 Å². The lowest BCUT2D eigenvalue weighted by Gasteiger charge is -2.06. The van der Waals surface area contributed by atoms with E-state index < -0.39 is 0 Å². The highest BCUT2D eigenvalue weighted by atomic mass is 16.4. The van der Waals surface area contributed by atoms with Crippen molar-refractivity contribution in [2.45, 2.75) is 0 Å². The van der Waals surface area contributed by atoms with Crippen molar-refractivity contribution >= 4 is 25.1 Å². The second kappa shape index (κ2) is 4.95. The van der Waals surface area contributed by atoms with Gasteiger partial charge in [0, 0.05) is 5.57 Å². The zero-order valence-corrected chi connectivity index (χ0v) is 9.00. The van der Waals surface area contributed by atoms with Gasteiger partial charge in [0.2, 0.25) is 0 Å². The van der Waals surface area contributed by atoms with Crippen LogP contribution >= 0.6 is 0 Å². The molecule has 0 unspecified atom stereocenters. The molecule has 0 saturated carbocycles. The molecule has 3 rings (SSSR count). The molecule has 1 aromatic rings. The molecule has 2 aliphatic rings. The molecule has 83 valence electrons. The third-order valence-corrected chi connectivity index (χ3v) is 2.62. The van der Waals surface area contributed by atoms with Gasteiger partial charge in [0.25, 0.3) is 0 Å². The van der Waals surface area contributed by atoms with Crippen LogP contribution < -0.4 is 0 Å². The average molecular weight is 225 g/mol. The number of hydrogen-bond donors (Lipinski definition) is 2. The van der Waals surface area contributed by atoms with Crippen LogP contribution in [0.4, 0.5) is 0 Å². The summed E-state index contributed by atoms with van der Waals surface area (Å²) >= 11 is 0. The fourth-order valence-electron chi connectivity index (χ4n) is 1.95. The Morgan fingerprint density at radius 1 is 1.06 bits per heavy atom. The minimum atomic E-state index is 0. The van der Waals surface area contributed by atoms with Crippen LogP contribution in [0, 0.1) is 0 Å². The molecule has 0 heterocycles. The Kier molecular flexibility index (Phi) is 3.37. The number of rotatable bonds is 0. The Hall–Kier alpha value is -1.91. The number of benzene rings is 1. The van der Waals surface area contributed by atoms with Crippen LogP contribution in [0.2, 0.25) is 0 Å². The van der Waals surface area contributed by atoms with Gasteiger partial charge in [0.05, 0.1) is 0 Å². The minimum Gasteiger partial charge on any atom is -0.429 e. The molecular formula is C13H10BO3. The van der Waals surface area contributed by atoms with E-state index in [1.54, 1.807) is 6.08 Å². The number of carbonyl (C=O) groups is 1. The zero-order chi connectivity index (χ0) is 12.3. The van der Waals surface area contributed by atoms with E-state index in [2.05, 4.69) is 6.07 Å². The first-order chi connectivity index (χ1) is 8.27. The molecule has 2 N–H and O–H groups in total. The molecule has 17 heavy (non-hydrogen) atoms. The van der Waals surface area contributed by atoms with Crippen LogP contribution in [0.5, 0.6) is 0 Å². The van der Waals surface area contributed by atoms with Crippen molar-refractivity contribution in [3.63, 3.8) is 0 Å². The highest BCUT2D eigenvalue weighted by molar-refractivity contribution is 6.23. The van der Waals surface area contributed by atoms with Crippen LogP contribution in [0.1, 0.15) is 11.1 Å². The standard InChI is InChI=1S/C13H8O.BH2O2/c14-13-7-3-6-11-10-5-2-1-4-9(10)8-12(11)13;2-1-3/h1-8H;2-3H. The summed E-state index contributed by atoms with van der Waals surface area (Å²) in [5, 5.41) is 14.0. The van der Waals surface area contributed by atoms with Gasteiger partial charge >= 0.3 is 7.69 Å². The largest absolute Gasteiger partial charge is 0.482 e. The number of carbonyl (C=O) groups excluding carboxylic acids is 1. The lowest BCUT2D eigenvalue weighted by Crippen LogP contribution is -2.00. The van der Waals surface area contributed by atoms with Gasteiger partial charge in [-0.3, -0.25) is 4.79 Å². The molecule has 0 amide bonds. The predicted molar refractivity (Wildman–Crippen MR) is 66.7 cm³/mol. The van der Waals surface area contributed by atoms with E-state index in [0.717, 1.165) is 16.7 Å². The second-order valence-corrected chi connectivity index (χ2v) is 3.56. The predicted octanol–water partition coefficient (Wildman–Crippen LogP) is 1.11. The maximum absolute atomic E-state index is 11.5. The highest BCUT2D eigenvalue weighted by Crippen LogP contribution is 2.37. The second-order valence-electron chi connectivity index (χ2n) is 3.56. The van der Waals surface area contributed by atoms with Gasteiger partial charge in [-0.1, -0.05) is 36.4 Å². The van der Waals surface area contributed by atoms with E-state index in [9.17, 15) is 4.79 Å². The van der Waals surface area contributed by atoms with E-state index in [1.807, 2.05) is 36.4 Å². The molecule has 3 nitrogen and oxygen atoms in total. The molecule has 0 aliphatic heterocycles. The van der Waals surface area contributed by atoms with Crippen LogP contribution in [-0.2, 0) is 4.79 Å². The molecule has 0 saturated heterocycles. The normalized spacial score (nSPS) is 15.1. The maximum Gasteiger partial charge on any atom is 0.482 e. The van der Waals surface area contributed by atoms with Gasteiger partial charge in [-0.25, -0.2) is 0 Å². The topological polar surface area (TPSA) is 57.5 Å². The molecule has 0 spiro atoms. The third kappa shape index (κ3) is 2.13. The molecule has 0 fully saturated rings. The van der Waals surface area contributed by atoms with Gasteiger partial charge in [0.15, 0.2) is 5.78 Å². The molecule has 4 heteroatoms. The van der Waals surface area contributed by atoms with Crippen molar-refractivity contribution in [1.82, 2.24) is 0 Å². The Morgan fingerprint density at radius 3 is 2.53 bits per heavy atom. The third-order valence-electron chi connectivity index (χ3n) is 2.62.